The number of aliphatic imine (C=N–C) groups is 1. The molecule has 3 aliphatic rings. The van der Waals surface area contributed by atoms with Crippen LogP contribution in [0, 0.1) is 11.8 Å². The monoisotopic (exact) mass is 385 g/mol. The number of rotatable bonds is 5. The Morgan fingerprint density at radius 2 is 2.15 bits per heavy atom. The first-order valence-electron chi connectivity index (χ1n) is 9.54. The van der Waals surface area contributed by atoms with E-state index in [0.29, 0.717) is 44.4 Å². The second-order valence-electron chi connectivity index (χ2n) is 7.60. The minimum Gasteiger partial charge on any atom is -0.353 e. The normalized spacial score (nSPS) is 31.1. The molecule has 0 bridgehead atoms. The molecule has 3 heterocycles. The molecule has 2 unspecified atom stereocenters. The largest absolute Gasteiger partial charge is 0.353 e. The molecule has 0 spiro atoms. The van der Waals surface area contributed by atoms with Crippen LogP contribution in [0.5, 0.6) is 0 Å². The van der Waals surface area contributed by atoms with Crippen LogP contribution in [0.3, 0.4) is 0 Å². The lowest BCUT2D eigenvalue weighted by Gasteiger charge is -2.41. The summed E-state index contributed by atoms with van der Waals surface area (Å²) in [4.78, 5) is 7.00. The van der Waals surface area contributed by atoms with Crippen LogP contribution in [0.2, 0.25) is 0 Å². The van der Waals surface area contributed by atoms with Gasteiger partial charge in [0.1, 0.15) is 0 Å². The first-order valence-corrected chi connectivity index (χ1v) is 11.4. The molecule has 1 N–H and O–H groups in total. The van der Waals surface area contributed by atoms with Crippen molar-refractivity contribution >= 4 is 15.8 Å². The van der Waals surface area contributed by atoms with E-state index in [2.05, 4.69) is 16.8 Å². The molecule has 2 atom stereocenters. The lowest BCUT2D eigenvalue weighted by molar-refractivity contribution is -0.189. The molecule has 0 amide bonds. The van der Waals surface area contributed by atoms with E-state index in [1.54, 1.807) is 0 Å². The van der Waals surface area contributed by atoms with E-state index >= 15 is 0 Å². The summed E-state index contributed by atoms with van der Waals surface area (Å²) >= 11 is 0. The van der Waals surface area contributed by atoms with Crippen LogP contribution in [0.15, 0.2) is 17.6 Å². The minimum atomic E-state index is -2.87. The topological polar surface area (TPSA) is 80.2 Å². The van der Waals surface area contributed by atoms with Crippen molar-refractivity contribution in [3.63, 3.8) is 0 Å². The Hall–Kier alpha value is -1.12. The molecule has 0 radical (unpaired) electrons. The van der Waals surface area contributed by atoms with Gasteiger partial charge in [-0.2, -0.15) is 0 Å². The van der Waals surface area contributed by atoms with Crippen LogP contribution in [0.4, 0.5) is 0 Å². The zero-order chi connectivity index (χ0) is 18.6. The van der Waals surface area contributed by atoms with Gasteiger partial charge in [0.25, 0.3) is 0 Å². The van der Waals surface area contributed by atoms with Gasteiger partial charge in [0.2, 0.25) is 0 Å². The highest BCUT2D eigenvalue weighted by Gasteiger charge is 2.42. The summed E-state index contributed by atoms with van der Waals surface area (Å²) in [5.41, 5.74) is 0. The van der Waals surface area contributed by atoms with E-state index in [1.807, 2.05) is 13.0 Å². The lowest BCUT2D eigenvalue weighted by Crippen LogP contribution is -2.52. The van der Waals surface area contributed by atoms with Crippen molar-refractivity contribution in [2.45, 2.75) is 32.0 Å². The van der Waals surface area contributed by atoms with Gasteiger partial charge in [-0.15, -0.1) is 6.58 Å². The average molecular weight is 386 g/mol. The summed E-state index contributed by atoms with van der Waals surface area (Å²) in [5.74, 6) is 1.29. The predicted molar refractivity (Wildman–Crippen MR) is 102 cm³/mol. The van der Waals surface area contributed by atoms with Crippen molar-refractivity contribution < 1.29 is 17.9 Å². The van der Waals surface area contributed by atoms with Gasteiger partial charge in [-0.25, -0.2) is 8.42 Å². The summed E-state index contributed by atoms with van der Waals surface area (Å²) in [7, 11) is -2.87. The van der Waals surface area contributed by atoms with Crippen LogP contribution in [0.1, 0.15) is 26.2 Å². The van der Waals surface area contributed by atoms with E-state index < -0.39 is 15.6 Å². The zero-order valence-corrected chi connectivity index (χ0v) is 16.5. The third-order valence-corrected chi connectivity index (χ3v) is 7.39. The van der Waals surface area contributed by atoms with Crippen LogP contribution < -0.4 is 5.32 Å². The smallest absolute Gasteiger partial charge is 0.194 e. The van der Waals surface area contributed by atoms with Gasteiger partial charge in [-0.1, -0.05) is 6.08 Å². The summed E-state index contributed by atoms with van der Waals surface area (Å²) in [6, 6.07) is 0. The van der Waals surface area contributed by atoms with Crippen LogP contribution >= 0.6 is 0 Å². The molecule has 148 valence electrons. The van der Waals surface area contributed by atoms with Crippen LogP contribution in [0.25, 0.3) is 0 Å². The van der Waals surface area contributed by atoms with E-state index in [9.17, 15) is 8.42 Å². The van der Waals surface area contributed by atoms with E-state index in [4.69, 9.17) is 14.5 Å². The SMILES string of the molecule is C=CCNC(=NCC1CCS(=O)(=O)C1)N1CCCC(C2(C)OCCO2)C1. The van der Waals surface area contributed by atoms with Gasteiger partial charge in [-0.05, 0) is 32.1 Å². The molecule has 0 aromatic heterocycles. The second kappa shape index (κ2) is 8.27. The molecular formula is C18H31N3O4S. The van der Waals surface area contributed by atoms with Gasteiger partial charge >= 0.3 is 0 Å². The average Bonchev–Trinajstić information content (AvgIpc) is 3.21. The molecule has 0 saturated carbocycles. The van der Waals surface area contributed by atoms with Crippen molar-refractivity contribution in [1.82, 2.24) is 10.2 Å². The Balaban J connectivity index is 1.66. The maximum atomic E-state index is 11.7. The second-order valence-corrected chi connectivity index (χ2v) is 9.83. The highest BCUT2D eigenvalue weighted by Crippen LogP contribution is 2.34. The lowest BCUT2D eigenvalue weighted by atomic mass is 9.90. The first-order chi connectivity index (χ1) is 12.4. The highest BCUT2D eigenvalue weighted by atomic mass is 32.2. The standard InChI is InChI=1S/C18H31N3O4S/c1-3-7-19-17(20-12-15-6-11-26(22,23)14-15)21-8-4-5-16(13-21)18(2)24-9-10-25-18/h3,15-16H,1,4-14H2,2H3,(H,19,20). The Morgan fingerprint density at radius 1 is 1.38 bits per heavy atom. The summed E-state index contributed by atoms with van der Waals surface area (Å²) in [6.45, 7) is 10.0. The number of nitrogens with one attached hydrogen (secondary N) is 1. The Labute approximate surface area is 156 Å². The van der Waals surface area contributed by atoms with E-state index in [0.717, 1.165) is 31.9 Å². The third kappa shape index (κ3) is 4.78. The number of likely N-dealkylation sites (tertiary alicyclic amines) is 1. The molecule has 0 aromatic rings. The van der Waals surface area contributed by atoms with Crippen LogP contribution in [-0.4, -0.2) is 76.0 Å². The molecule has 0 aromatic carbocycles. The predicted octanol–water partition coefficient (Wildman–Crippen LogP) is 1.03. The molecule has 0 aliphatic carbocycles. The van der Waals surface area contributed by atoms with Gasteiger partial charge < -0.3 is 19.7 Å². The van der Waals surface area contributed by atoms with Crippen molar-refractivity contribution in [2.24, 2.45) is 16.8 Å². The van der Waals surface area contributed by atoms with Gasteiger partial charge in [0.05, 0.1) is 24.7 Å². The van der Waals surface area contributed by atoms with Gasteiger partial charge in [-0.3, -0.25) is 4.99 Å². The van der Waals surface area contributed by atoms with E-state index in [-0.39, 0.29) is 11.7 Å². The summed E-state index contributed by atoms with van der Waals surface area (Å²) in [6.07, 6.45) is 4.65. The molecule has 26 heavy (non-hydrogen) atoms. The third-order valence-electron chi connectivity index (χ3n) is 5.55. The number of piperidine rings is 1. The number of hydrogen-bond acceptors (Lipinski definition) is 5. The summed E-state index contributed by atoms with van der Waals surface area (Å²) < 4.78 is 35.1. The quantitative estimate of drug-likeness (QED) is 0.433. The van der Waals surface area contributed by atoms with Crippen molar-refractivity contribution in [2.75, 3.05) is 50.9 Å². The van der Waals surface area contributed by atoms with Crippen molar-refractivity contribution in [1.29, 1.82) is 0 Å². The maximum Gasteiger partial charge on any atom is 0.194 e. The number of guanidine groups is 1. The van der Waals surface area contributed by atoms with Crippen LogP contribution in [-0.2, 0) is 19.3 Å². The fourth-order valence-corrected chi connectivity index (χ4v) is 5.88. The highest BCUT2D eigenvalue weighted by molar-refractivity contribution is 7.91. The minimum absolute atomic E-state index is 0.125. The first kappa shape index (κ1) is 19.6. The fraction of sp³-hybridized carbons (Fsp3) is 0.833. The molecule has 3 rings (SSSR count). The molecular weight excluding hydrogens is 354 g/mol. The van der Waals surface area contributed by atoms with Crippen molar-refractivity contribution in [3.05, 3.63) is 12.7 Å². The molecule has 3 aliphatic heterocycles. The molecule has 3 fully saturated rings. The molecule has 8 heteroatoms. The molecule has 7 nitrogen and oxygen atoms in total. The fourth-order valence-electron chi connectivity index (χ4n) is 4.03. The zero-order valence-electron chi connectivity index (χ0n) is 15.7. The number of nitrogens with zero attached hydrogens (tertiary/aromatic N) is 2. The van der Waals surface area contributed by atoms with E-state index in [1.165, 1.54) is 0 Å². The Bertz CT molecular complexity index is 628. The number of ether oxygens (including phenoxy) is 2. The number of sulfone groups is 1. The Kier molecular flexibility index (Phi) is 6.25. The van der Waals surface area contributed by atoms with Gasteiger partial charge in [0.15, 0.2) is 21.6 Å². The number of hydrogen-bond donors (Lipinski definition) is 1. The summed E-state index contributed by atoms with van der Waals surface area (Å²) in [5, 5.41) is 3.33. The molecule has 3 saturated heterocycles. The van der Waals surface area contributed by atoms with Crippen molar-refractivity contribution in [3.8, 4) is 0 Å². The van der Waals surface area contributed by atoms with Gasteiger partial charge in [0, 0.05) is 32.1 Å². The Morgan fingerprint density at radius 3 is 2.81 bits per heavy atom. The maximum absolute atomic E-state index is 11.7.